The summed E-state index contributed by atoms with van der Waals surface area (Å²) in [6, 6.07) is 2.84. The fraction of sp³-hybridized carbons (Fsp3) is 0.167. The molecule has 0 fully saturated rings. The molecule has 0 bridgehead atoms. The summed E-state index contributed by atoms with van der Waals surface area (Å²) in [5, 5.41) is 6.47. The second-order valence-electron chi connectivity index (χ2n) is 3.83. The summed E-state index contributed by atoms with van der Waals surface area (Å²) < 4.78 is 27.6. The number of carbonyl (C=O) groups is 1. The van der Waals surface area contributed by atoms with Gasteiger partial charge in [-0.25, -0.2) is 8.78 Å². The number of nitrogens with one attached hydrogen (secondary N) is 1. The number of rotatable bonds is 3. The van der Waals surface area contributed by atoms with Crippen LogP contribution in [-0.4, -0.2) is 15.7 Å². The molecule has 0 saturated carbocycles. The molecule has 0 spiro atoms. The van der Waals surface area contributed by atoms with E-state index in [1.54, 1.807) is 24.1 Å². The van der Waals surface area contributed by atoms with Gasteiger partial charge < -0.3 is 5.32 Å². The van der Waals surface area contributed by atoms with Crippen LogP contribution in [0, 0.1) is 11.6 Å². The second-order valence-corrected chi connectivity index (χ2v) is 3.83. The molecule has 0 aliphatic heterocycles. The van der Waals surface area contributed by atoms with E-state index in [1.807, 2.05) is 0 Å². The van der Waals surface area contributed by atoms with Gasteiger partial charge in [0.2, 0.25) is 0 Å². The van der Waals surface area contributed by atoms with E-state index >= 15 is 0 Å². The van der Waals surface area contributed by atoms with Crippen LogP contribution in [0.15, 0.2) is 30.6 Å². The van der Waals surface area contributed by atoms with Crippen molar-refractivity contribution in [1.82, 2.24) is 15.1 Å². The van der Waals surface area contributed by atoms with E-state index in [0.717, 1.165) is 17.7 Å². The Kier molecular flexibility index (Phi) is 3.36. The van der Waals surface area contributed by atoms with Crippen LogP contribution in [0.25, 0.3) is 0 Å². The van der Waals surface area contributed by atoms with Crippen molar-refractivity contribution < 1.29 is 13.6 Å². The van der Waals surface area contributed by atoms with Crippen molar-refractivity contribution in [3.05, 3.63) is 53.4 Å². The molecule has 1 N–H and O–H groups in total. The van der Waals surface area contributed by atoms with E-state index in [2.05, 4.69) is 10.4 Å². The molecular weight excluding hydrogens is 240 g/mol. The highest BCUT2D eigenvalue weighted by Crippen LogP contribution is 2.09. The summed E-state index contributed by atoms with van der Waals surface area (Å²) in [4.78, 5) is 11.7. The second kappa shape index (κ2) is 4.95. The van der Waals surface area contributed by atoms with Crippen LogP contribution in [0.1, 0.15) is 15.9 Å². The van der Waals surface area contributed by atoms with Gasteiger partial charge in [-0.1, -0.05) is 0 Å². The first-order valence-corrected chi connectivity index (χ1v) is 5.27. The molecule has 0 radical (unpaired) electrons. The number of aryl methyl sites for hydroxylation is 1. The molecule has 2 aromatic rings. The number of hydrogen-bond donors (Lipinski definition) is 1. The fourth-order valence-electron chi connectivity index (χ4n) is 1.51. The van der Waals surface area contributed by atoms with E-state index in [4.69, 9.17) is 0 Å². The maximum Gasteiger partial charge on any atom is 0.254 e. The Bertz CT molecular complexity index is 580. The lowest BCUT2D eigenvalue weighted by Crippen LogP contribution is -2.23. The summed E-state index contributed by atoms with van der Waals surface area (Å²) >= 11 is 0. The van der Waals surface area contributed by atoms with Crippen LogP contribution in [0.4, 0.5) is 8.78 Å². The number of benzene rings is 1. The SMILES string of the molecule is Cn1cc(CNC(=O)c2ccc(F)cc2F)cn1. The maximum absolute atomic E-state index is 13.3. The standard InChI is InChI=1S/C12H11F2N3O/c1-17-7-8(6-16-17)5-15-12(18)10-3-2-9(13)4-11(10)14/h2-4,6-7H,5H2,1H3,(H,15,18). The van der Waals surface area contributed by atoms with Crippen molar-refractivity contribution in [3.8, 4) is 0 Å². The molecule has 0 aliphatic rings. The van der Waals surface area contributed by atoms with Crippen molar-refractivity contribution in [2.75, 3.05) is 0 Å². The number of halogens is 2. The highest BCUT2D eigenvalue weighted by atomic mass is 19.1. The van der Waals surface area contributed by atoms with Gasteiger partial charge in [0.1, 0.15) is 11.6 Å². The van der Waals surface area contributed by atoms with Gasteiger partial charge in [0, 0.05) is 31.4 Å². The third-order valence-electron chi connectivity index (χ3n) is 2.39. The van der Waals surface area contributed by atoms with Gasteiger partial charge >= 0.3 is 0 Å². The lowest BCUT2D eigenvalue weighted by Gasteiger charge is -2.04. The van der Waals surface area contributed by atoms with Crippen LogP contribution in [0.5, 0.6) is 0 Å². The zero-order valence-corrected chi connectivity index (χ0v) is 9.65. The summed E-state index contributed by atoms with van der Waals surface area (Å²) in [5.74, 6) is -2.17. The number of aromatic nitrogens is 2. The average molecular weight is 251 g/mol. The highest BCUT2D eigenvalue weighted by Gasteiger charge is 2.12. The largest absolute Gasteiger partial charge is 0.348 e. The monoisotopic (exact) mass is 251 g/mol. The van der Waals surface area contributed by atoms with Crippen LogP contribution < -0.4 is 5.32 Å². The van der Waals surface area contributed by atoms with Crippen molar-refractivity contribution in [2.45, 2.75) is 6.54 Å². The highest BCUT2D eigenvalue weighted by molar-refractivity contribution is 5.94. The Morgan fingerprint density at radius 2 is 2.22 bits per heavy atom. The molecular formula is C12H11F2N3O. The van der Waals surface area contributed by atoms with Crippen molar-refractivity contribution >= 4 is 5.91 Å². The number of amides is 1. The van der Waals surface area contributed by atoms with Gasteiger partial charge in [-0.3, -0.25) is 9.48 Å². The molecule has 2 rings (SSSR count). The first-order chi connectivity index (χ1) is 8.56. The van der Waals surface area contributed by atoms with Crippen molar-refractivity contribution in [1.29, 1.82) is 0 Å². The molecule has 4 nitrogen and oxygen atoms in total. The van der Waals surface area contributed by atoms with Crippen LogP contribution >= 0.6 is 0 Å². The van der Waals surface area contributed by atoms with Gasteiger partial charge in [0.15, 0.2) is 0 Å². The smallest absolute Gasteiger partial charge is 0.254 e. The van der Waals surface area contributed by atoms with Crippen LogP contribution in [0.2, 0.25) is 0 Å². The normalized spacial score (nSPS) is 10.4. The molecule has 1 amide bonds. The van der Waals surface area contributed by atoms with Gasteiger partial charge in [-0.15, -0.1) is 0 Å². The van der Waals surface area contributed by atoms with Crippen molar-refractivity contribution in [2.24, 2.45) is 7.05 Å². The van der Waals surface area contributed by atoms with E-state index < -0.39 is 17.5 Å². The van der Waals surface area contributed by atoms with Crippen LogP contribution in [0.3, 0.4) is 0 Å². The molecule has 94 valence electrons. The first kappa shape index (κ1) is 12.2. The van der Waals surface area contributed by atoms with Gasteiger partial charge in [0.05, 0.1) is 11.8 Å². The molecule has 0 unspecified atom stereocenters. The predicted octanol–water partition coefficient (Wildman–Crippen LogP) is 1.63. The number of hydrogen-bond acceptors (Lipinski definition) is 2. The minimum Gasteiger partial charge on any atom is -0.348 e. The summed E-state index contributed by atoms with van der Waals surface area (Å²) in [7, 11) is 1.75. The third kappa shape index (κ3) is 2.71. The van der Waals surface area contributed by atoms with Gasteiger partial charge in [-0.2, -0.15) is 5.10 Å². The number of nitrogens with zero attached hydrogens (tertiary/aromatic N) is 2. The lowest BCUT2D eigenvalue weighted by atomic mass is 10.2. The molecule has 1 aromatic heterocycles. The van der Waals surface area contributed by atoms with Crippen LogP contribution in [-0.2, 0) is 13.6 Å². The maximum atomic E-state index is 13.3. The van der Waals surface area contributed by atoms with Gasteiger partial charge in [-0.05, 0) is 12.1 Å². The Labute approximate surface area is 102 Å². The van der Waals surface area contributed by atoms with E-state index in [1.165, 1.54) is 0 Å². The molecule has 0 saturated heterocycles. The molecule has 18 heavy (non-hydrogen) atoms. The molecule has 1 aromatic carbocycles. The number of carbonyl (C=O) groups excluding carboxylic acids is 1. The zero-order valence-electron chi connectivity index (χ0n) is 9.65. The minimum absolute atomic E-state index is 0.180. The summed E-state index contributed by atoms with van der Waals surface area (Å²) in [6.07, 6.45) is 3.34. The Morgan fingerprint density at radius 1 is 1.44 bits per heavy atom. The van der Waals surface area contributed by atoms with Crippen molar-refractivity contribution in [3.63, 3.8) is 0 Å². The molecule has 1 heterocycles. The summed E-state index contributed by atoms with van der Waals surface area (Å²) in [6.45, 7) is 0.240. The average Bonchev–Trinajstić information content (AvgIpc) is 2.72. The first-order valence-electron chi connectivity index (χ1n) is 5.27. The predicted molar refractivity (Wildman–Crippen MR) is 60.7 cm³/mol. The lowest BCUT2D eigenvalue weighted by molar-refractivity contribution is 0.0947. The minimum atomic E-state index is -0.876. The molecule has 6 heteroatoms. The molecule has 0 atom stereocenters. The van der Waals surface area contributed by atoms with E-state index in [0.29, 0.717) is 6.07 Å². The third-order valence-corrected chi connectivity index (χ3v) is 2.39. The Hall–Kier alpha value is -2.24. The topological polar surface area (TPSA) is 46.9 Å². The summed E-state index contributed by atoms with van der Waals surface area (Å²) in [5.41, 5.74) is 0.619. The Balaban J connectivity index is 2.03. The molecule has 0 aliphatic carbocycles. The van der Waals surface area contributed by atoms with Gasteiger partial charge in [0.25, 0.3) is 5.91 Å². The Morgan fingerprint density at radius 3 is 2.83 bits per heavy atom. The van der Waals surface area contributed by atoms with E-state index in [9.17, 15) is 13.6 Å². The fourth-order valence-corrected chi connectivity index (χ4v) is 1.51. The zero-order chi connectivity index (χ0) is 13.1. The quantitative estimate of drug-likeness (QED) is 0.901. The van der Waals surface area contributed by atoms with E-state index in [-0.39, 0.29) is 12.1 Å².